The average molecular weight is 185 g/mol. The maximum absolute atomic E-state index is 12.5. The van der Waals surface area contributed by atoms with E-state index in [0.29, 0.717) is 5.56 Å². The number of benzene rings is 1. The molecule has 0 saturated heterocycles. The van der Waals surface area contributed by atoms with E-state index in [0.717, 1.165) is 5.56 Å². The standard InChI is InChI=1S/C10H13F2N/c1-7-4-3-5-8(6-7)9(13-2)10(11)12/h3-6,9-10,13H,1-2H3. The van der Waals surface area contributed by atoms with Crippen LogP contribution in [0.1, 0.15) is 17.2 Å². The van der Waals surface area contributed by atoms with Crippen LogP contribution in [-0.4, -0.2) is 13.5 Å². The van der Waals surface area contributed by atoms with E-state index in [4.69, 9.17) is 0 Å². The first-order chi connectivity index (χ1) is 6.15. The molecular formula is C10H13F2N. The molecule has 1 nitrogen and oxygen atoms in total. The van der Waals surface area contributed by atoms with Gasteiger partial charge in [0.25, 0.3) is 6.43 Å². The molecule has 13 heavy (non-hydrogen) atoms. The van der Waals surface area contributed by atoms with E-state index in [-0.39, 0.29) is 0 Å². The minimum absolute atomic E-state index is 0.637. The maximum Gasteiger partial charge on any atom is 0.257 e. The van der Waals surface area contributed by atoms with Crippen molar-refractivity contribution in [3.05, 3.63) is 35.4 Å². The molecule has 72 valence electrons. The molecule has 1 rings (SSSR count). The van der Waals surface area contributed by atoms with Crippen molar-refractivity contribution >= 4 is 0 Å². The van der Waals surface area contributed by atoms with Crippen LogP contribution in [-0.2, 0) is 0 Å². The molecule has 0 aromatic heterocycles. The molecule has 0 spiro atoms. The summed E-state index contributed by atoms with van der Waals surface area (Å²) >= 11 is 0. The SMILES string of the molecule is CNC(c1cccc(C)c1)C(F)F. The second kappa shape index (κ2) is 4.33. The fourth-order valence-corrected chi connectivity index (χ4v) is 1.30. The summed E-state index contributed by atoms with van der Waals surface area (Å²) < 4.78 is 24.9. The number of rotatable bonds is 3. The molecule has 0 amide bonds. The highest BCUT2D eigenvalue weighted by atomic mass is 19.3. The Hall–Kier alpha value is -0.960. The van der Waals surface area contributed by atoms with Crippen molar-refractivity contribution in [2.45, 2.75) is 19.4 Å². The molecule has 0 aliphatic heterocycles. The lowest BCUT2D eigenvalue weighted by atomic mass is 10.1. The number of hydrogen-bond donors (Lipinski definition) is 1. The largest absolute Gasteiger partial charge is 0.308 e. The van der Waals surface area contributed by atoms with E-state index in [1.54, 1.807) is 25.2 Å². The van der Waals surface area contributed by atoms with Crippen LogP contribution < -0.4 is 5.32 Å². The summed E-state index contributed by atoms with van der Waals surface area (Å²) in [5.41, 5.74) is 1.64. The van der Waals surface area contributed by atoms with Crippen molar-refractivity contribution in [3.63, 3.8) is 0 Å². The molecular weight excluding hydrogens is 172 g/mol. The molecule has 0 fully saturated rings. The van der Waals surface area contributed by atoms with E-state index in [9.17, 15) is 8.78 Å². The zero-order valence-corrected chi connectivity index (χ0v) is 7.72. The van der Waals surface area contributed by atoms with Crippen LogP contribution in [0.15, 0.2) is 24.3 Å². The van der Waals surface area contributed by atoms with Crippen molar-refractivity contribution in [2.24, 2.45) is 0 Å². The Morgan fingerprint density at radius 1 is 1.31 bits per heavy atom. The highest BCUT2D eigenvalue weighted by molar-refractivity contribution is 5.25. The van der Waals surface area contributed by atoms with E-state index in [2.05, 4.69) is 5.32 Å². The van der Waals surface area contributed by atoms with Crippen LogP contribution in [0.5, 0.6) is 0 Å². The minimum Gasteiger partial charge on any atom is -0.308 e. The van der Waals surface area contributed by atoms with Gasteiger partial charge in [-0.2, -0.15) is 0 Å². The molecule has 1 unspecified atom stereocenters. The predicted molar refractivity (Wildman–Crippen MR) is 49.0 cm³/mol. The summed E-state index contributed by atoms with van der Waals surface area (Å²) in [4.78, 5) is 0. The zero-order valence-electron chi connectivity index (χ0n) is 7.72. The fourth-order valence-electron chi connectivity index (χ4n) is 1.30. The lowest BCUT2D eigenvalue weighted by molar-refractivity contribution is 0.102. The lowest BCUT2D eigenvalue weighted by Gasteiger charge is -2.15. The first-order valence-corrected chi connectivity index (χ1v) is 4.17. The van der Waals surface area contributed by atoms with Gasteiger partial charge in [0.1, 0.15) is 0 Å². The Morgan fingerprint density at radius 2 is 2.00 bits per heavy atom. The van der Waals surface area contributed by atoms with Crippen molar-refractivity contribution in [1.29, 1.82) is 0 Å². The van der Waals surface area contributed by atoms with Crippen LogP contribution in [0.2, 0.25) is 0 Å². The van der Waals surface area contributed by atoms with Crippen LogP contribution in [0, 0.1) is 6.92 Å². The van der Waals surface area contributed by atoms with Crippen LogP contribution >= 0.6 is 0 Å². The molecule has 3 heteroatoms. The van der Waals surface area contributed by atoms with E-state index in [1.807, 2.05) is 13.0 Å². The summed E-state index contributed by atoms with van der Waals surface area (Å²) in [7, 11) is 1.54. The summed E-state index contributed by atoms with van der Waals surface area (Å²) in [6.45, 7) is 1.89. The molecule has 1 aromatic carbocycles. The van der Waals surface area contributed by atoms with E-state index >= 15 is 0 Å². The highest BCUT2D eigenvalue weighted by Crippen LogP contribution is 2.20. The summed E-state index contributed by atoms with van der Waals surface area (Å²) in [6.07, 6.45) is -2.37. The van der Waals surface area contributed by atoms with Gasteiger partial charge in [0.05, 0.1) is 6.04 Å². The monoisotopic (exact) mass is 185 g/mol. The first-order valence-electron chi connectivity index (χ1n) is 4.17. The summed E-state index contributed by atoms with van der Waals surface area (Å²) in [5.74, 6) is 0. The number of alkyl halides is 2. The highest BCUT2D eigenvalue weighted by Gasteiger charge is 2.19. The van der Waals surface area contributed by atoms with Crippen molar-refractivity contribution in [1.82, 2.24) is 5.32 Å². The number of nitrogens with one attached hydrogen (secondary N) is 1. The maximum atomic E-state index is 12.5. The van der Waals surface area contributed by atoms with Gasteiger partial charge in [0.15, 0.2) is 0 Å². The Labute approximate surface area is 76.8 Å². The molecule has 1 N–H and O–H groups in total. The van der Waals surface area contributed by atoms with Crippen LogP contribution in [0.25, 0.3) is 0 Å². The van der Waals surface area contributed by atoms with Crippen molar-refractivity contribution in [2.75, 3.05) is 7.05 Å². The molecule has 1 atom stereocenters. The van der Waals surface area contributed by atoms with E-state index < -0.39 is 12.5 Å². The average Bonchev–Trinajstić information content (AvgIpc) is 2.04. The Kier molecular flexibility index (Phi) is 3.37. The van der Waals surface area contributed by atoms with Gasteiger partial charge in [-0.1, -0.05) is 29.8 Å². The second-order valence-corrected chi connectivity index (χ2v) is 3.01. The smallest absolute Gasteiger partial charge is 0.257 e. The fraction of sp³-hybridized carbons (Fsp3) is 0.400. The van der Waals surface area contributed by atoms with Gasteiger partial charge < -0.3 is 5.32 Å². The van der Waals surface area contributed by atoms with Gasteiger partial charge in [0.2, 0.25) is 0 Å². The van der Waals surface area contributed by atoms with Gasteiger partial charge in [-0.3, -0.25) is 0 Å². The summed E-state index contributed by atoms with van der Waals surface area (Å²) in [5, 5.41) is 2.60. The molecule has 1 aromatic rings. The number of hydrogen-bond acceptors (Lipinski definition) is 1. The quantitative estimate of drug-likeness (QED) is 0.763. The minimum atomic E-state index is -2.37. The third-order valence-corrected chi connectivity index (χ3v) is 1.96. The molecule has 0 radical (unpaired) electrons. The normalized spacial score (nSPS) is 13.3. The zero-order chi connectivity index (χ0) is 9.84. The molecule has 0 bridgehead atoms. The first kappa shape index (κ1) is 10.1. The number of halogens is 2. The molecule has 0 aliphatic rings. The van der Waals surface area contributed by atoms with Gasteiger partial charge in [-0.15, -0.1) is 0 Å². The topological polar surface area (TPSA) is 12.0 Å². The van der Waals surface area contributed by atoms with Gasteiger partial charge in [0, 0.05) is 0 Å². The third kappa shape index (κ3) is 2.49. The van der Waals surface area contributed by atoms with Crippen LogP contribution in [0.4, 0.5) is 8.78 Å². The lowest BCUT2D eigenvalue weighted by Crippen LogP contribution is -2.23. The number of aryl methyl sites for hydroxylation is 1. The Bertz CT molecular complexity index is 273. The molecule has 0 aliphatic carbocycles. The summed E-state index contributed by atoms with van der Waals surface area (Å²) in [6, 6.07) is 6.30. The molecule has 0 heterocycles. The predicted octanol–water partition coefficient (Wildman–Crippen LogP) is 2.52. The Morgan fingerprint density at radius 3 is 2.46 bits per heavy atom. The second-order valence-electron chi connectivity index (χ2n) is 3.01. The van der Waals surface area contributed by atoms with Gasteiger partial charge in [-0.25, -0.2) is 8.78 Å². The Balaban J connectivity index is 2.91. The van der Waals surface area contributed by atoms with Gasteiger partial charge in [-0.05, 0) is 19.5 Å². The van der Waals surface area contributed by atoms with Crippen molar-refractivity contribution in [3.8, 4) is 0 Å². The van der Waals surface area contributed by atoms with Gasteiger partial charge >= 0.3 is 0 Å². The third-order valence-electron chi connectivity index (χ3n) is 1.96. The van der Waals surface area contributed by atoms with Crippen LogP contribution in [0.3, 0.4) is 0 Å². The van der Waals surface area contributed by atoms with E-state index in [1.165, 1.54) is 0 Å². The molecule has 0 saturated carbocycles. The van der Waals surface area contributed by atoms with Crippen molar-refractivity contribution < 1.29 is 8.78 Å².